The number of amides is 1. The zero-order valence-electron chi connectivity index (χ0n) is 15.1. The lowest BCUT2D eigenvalue weighted by Crippen LogP contribution is -2.26. The Labute approximate surface area is 156 Å². The fourth-order valence-corrected chi connectivity index (χ4v) is 3.64. The molecule has 3 aromatic heterocycles. The molecule has 0 unspecified atom stereocenters. The molecule has 0 bridgehead atoms. The van der Waals surface area contributed by atoms with E-state index in [0.717, 1.165) is 35.1 Å². The van der Waals surface area contributed by atoms with Crippen LogP contribution in [0.1, 0.15) is 32.2 Å². The standard InChI is InChI=1S/C20H21N5O2/c1-12(14-8-18(26)22-10-14)27-20-19-17(23-11-25(19)15-2-3-15)9-16(24-20)13-4-6-21-7-5-13/h4-7,9,11-12,14-15H,2-3,8,10H2,1H3,(H,22,26)/t12-,14-/m1/s1. The lowest BCUT2D eigenvalue weighted by atomic mass is 10.0. The first kappa shape index (κ1) is 16.2. The largest absolute Gasteiger partial charge is 0.473 e. The van der Waals surface area contributed by atoms with Gasteiger partial charge < -0.3 is 14.6 Å². The molecule has 0 radical (unpaired) electrons. The molecular weight excluding hydrogens is 342 g/mol. The van der Waals surface area contributed by atoms with E-state index >= 15 is 0 Å². The predicted molar refractivity (Wildman–Crippen MR) is 100 cm³/mol. The van der Waals surface area contributed by atoms with Gasteiger partial charge in [-0.05, 0) is 38.0 Å². The molecule has 2 fully saturated rings. The number of ether oxygens (including phenoxy) is 1. The van der Waals surface area contributed by atoms with E-state index < -0.39 is 0 Å². The van der Waals surface area contributed by atoms with E-state index in [1.54, 1.807) is 12.4 Å². The van der Waals surface area contributed by atoms with Crippen LogP contribution in [0.5, 0.6) is 5.88 Å². The number of nitrogens with zero attached hydrogens (tertiary/aromatic N) is 4. The molecule has 2 atom stereocenters. The van der Waals surface area contributed by atoms with E-state index in [9.17, 15) is 4.79 Å². The van der Waals surface area contributed by atoms with Crippen LogP contribution >= 0.6 is 0 Å². The highest BCUT2D eigenvalue weighted by Gasteiger charge is 2.31. The van der Waals surface area contributed by atoms with Crippen LogP contribution in [0.25, 0.3) is 22.3 Å². The second-order valence-electron chi connectivity index (χ2n) is 7.39. The number of carbonyl (C=O) groups excluding carboxylic acids is 1. The van der Waals surface area contributed by atoms with E-state index in [1.807, 2.05) is 31.5 Å². The Balaban J connectivity index is 1.57. The third-order valence-corrected chi connectivity index (χ3v) is 5.41. The topological polar surface area (TPSA) is 81.9 Å². The minimum atomic E-state index is -0.116. The van der Waals surface area contributed by atoms with Gasteiger partial charge in [0, 0.05) is 42.9 Å². The molecule has 1 saturated heterocycles. The minimum absolute atomic E-state index is 0.0853. The Morgan fingerprint density at radius 3 is 2.81 bits per heavy atom. The van der Waals surface area contributed by atoms with Crippen molar-refractivity contribution in [1.29, 1.82) is 0 Å². The molecule has 27 heavy (non-hydrogen) atoms. The molecule has 1 aliphatic carbocycles. The van der Waals surface area contributed by atoms with Crippen molar-refractivity contribution in [3.05, 3.63) is 36.9 Å². The molecule has 4 heterocycles. The number of aromatic nitrogens is 4. The van der Waals surface area contributed by atoms with Gasteiger partial charge in [0.15, 0.2) is 0 Å². The highest BCUT2D eigenvalue weighted by molar-refractivity contribution is 5.85. The normalized spacial score (nSPS) is 20.6. The van der Waals surface area contributed by atoms with Crippen LogP contribution in [0, 0.1) is 5.92 Å². The van der Waals surface area contributed by atoms with Gasteiger partial charge in [-0.25, -0.2) is 9.97 Å². The Morgan fingerprint density at radius 2 is 2.11 bits per heavy atom. The van der Waals surface area contributed by atoms with Gasteiger partial charge in [-0.1, -0.05) is 0 Å². The lowest BCUT2D eigenvalue weighted by molar-refractivity contribution is -0.119. The van der Waals surface area contributed by atoms with Crippen molar-refractivity contribution >= 4 is 16.9 Å². The fraction of sp³-hybridized carbons (Fsp3) is 0.400. The summed E-state index contributed by atoms with van der Waals surface area (Å²) in [5, 5.41) is 2.88. The van der Waals surface area contributed by atoms with Gasteiger partial charge in [0.05, 0.1) is 17.5 Å². The van der Waals surface area contributed by atoms with Gasteiger partial charge in [-0.15, -0.1) is 0 Å². The molecule has 7 heteroatoms. The number of carbonyl (C=O) groups is 1. The number of fused-ring (bicyclic) bond motifs is 1. The maximum atomic E-state index is 11.6. The monoisotopic (exact) mass is 363 g/mol. The summed E-state index contributed by atoms with van der Waals surface area (Å²) in [6.45, 7) is 2.66. The van der Waals surface area contributed by atoms with Crippen molar-refractivity contribution in [3.63, 3.8) is 0 Å². The van der Waals surface area contributed by atoms with E-state index in [0.29, 0.717) is 24.9 Å². The molecule has 1 N–H and O–H groups in total. The van der Waals surface area contributed by atoms with Crippen molar-refractivity contribution in [1.82, 2.24) is 24.8 Å². The molecule has 5 rings (SSSR count). The summed E-state index contributed by atoms with van der Waals surface area (Å²) in [6, 6.07) is 6.34. The molecule has 0 spiro atoms. The van der Waals surface area contributed by atoms with E-state index in [-0.39, 0.29) is 17.9 Å². The van der Waals surface area contributed by atoms with Crippen molar-refractivity contribution in [2.45, 2.75) is 38.3 Å². The van der Waals surface area contributed by atoms with Gasteiger partial charge >= 0.3 is 0 Å². The summed E-state index contributed by atoms with van der Waals surface area (Å²) in [6.07, 6.45) is 8.09. The Hall–Kier alpha value is -2.96. The smallest absolute Gasteiger partial charge is 0.241 e. The molecule has 7 nitrogen and oxygen atoms in total. The molecular formula is C20H21N5O2. The molecule has 1 aliphatic heterocycles. The highest BCUT2D eigenvalue weighted by Crippen LogP contribution is 2.40. The average Bonchev–Trinajstić information content (AvgIpc) is 3.28. The number of pyridine rings is 2. The van der Waals surface area contributed by atoms with Crippen LogP contribution in [0.15, 0.2) is 36.9 Å². The third kappa shape index (κ3) is 3.03. The van der Waals surface area contributed by atoms with E-state index in [2.05, 4.69) is 19.9 Å². The Kier molecular flexibility index (Phi) is 3.81. The van der Waals surface area contributed by atoms with Crippen LogP contribution in [0.3, 0.4) is 0 Å². The first-order valence-corrected chi connectivity index (χ1v) is 9.40. The zero-order valence-corrected chi connectivity index (χ0v) is 15.1. The van der Waals surface area contributed by atoms with Crippen LogP contribution in [0.2, 0.25) is 0 Å². The summed E-state index contributed by atoms with van der Waals surface area (Å²) in [4.78, 5) is 25.1. The Morgan fingerprint density at radius 1 is 1.30 bits per heavy atom. The highest BCUT2D eigenvalue weighted by atomic mass is 16.5. The fourth-order valence-electron chi connectivity index (χ4n) is 3.64. The Bertz CT molecular complexity index is 996. The quantitative estimate of drug-likeness (QED) is 0.754. The van der Waals surface area contributed by atoms with Crippen molar-refractivity contribution < 1.29 is 9.53 Å². The van der Waals surface area contributed by atoms with Gasteiger partial charge in [0.25, 0.3) is 0 Å². The summed E-state index contributed by atoms with van der Waals surface area (Å²) in [5.74, 6) is 0.828. The van der Waals surface area contributed by atoms with Crippen LogP contribution in [0.4, 0.5) is 0 Å². The van der Waals surface area contributed by atoms with Crippen molar-refractivity contribution in [2.24, 2.45) is 5.92 Å². The molecule has 1 amide bonds. The number of hydrogen-bond acceptors (Lipinski definition) is 5. The van der Waals surface area contributed by atoms with Gasteiger partial charge in [0.1, 0.15) is 11.6 Å². The van der Waals surface area contributed by atoms with Gasteiger partial charge in [-0.3, -0.25) is 9.78 Å². The van der Waals surface area contributed by atoms with Crippen molar-refractivity contribution in [2.75, 3.05) is 6.54 Å². The van der Waals surface area contributed by atoms with Crippen LogP contribution < -0.4 is 10.1 Å². The molecule has 0 aromatic carbocycles. The third-order valence-electron chi connectivity index (χ3n) is 5.41. The maximum Gasteiger partial charge on any atom is 0.241 e. The first-order chi connectivity index (χ1) is 13.2. The second kappa shape index (κ2) is 6.33. The number of nitrogens with one attached hydrogen (secondary N) is 1. The lowest BCUT2D eigenvalue weighted by Gasteiger charge is -2.20. The SMILES string of the molecule is C[C@@H](Oc1nc(-c2ccncc2)cc2ncn(C3CC3)c12)[C@H]1CNC(=O)C1. The summed E-state index contributed by atoms with van der Waals surface area (Å²) in [7, 11) is 0. The van der Waals surface area contributed by atoms with Crippen LogP contribution in [-0.2, 0) is 4.79 Å². The minimum Gasteiger partial charge on any atom is -0.473 e. The summed E-state index contributed by atoms with van der Waals surface area (Å²) < 4.78 is 8.50. The summed E-state index contributed by atoms with van der Waals surface area (Å²) >= 11 is 0. The molecule has 3 aromatic rings. The second-order valence-corrected chi connectivity index (χ2v) is 7.39. The molecule has 138 valence electrons. The predicted octanol–water partition coefficient (Wildman–Crippen LogP) is 2.73. The zero-order chi connectivity index (χ0) is 18.4. The van der Waals surface area contributed by atoms with E-state index in [4.69, 9.17) is 9.72 Å². The average molecular weight is 363 g/mol. The summed E-state index contributed by atoms with van der Waals surface area (Å²) in [5.41, 5.74) is 3.61. The van der Waals surface area contributed by atoms with Crippen molar-refractivity contribution in [3.8, 4) is 17.1 Å². The van der Waals surface area contributed by atoms with Gasteiger partial charge in [0.2, 0.25) is 11.8 Å². The van der Waals surface area contributed by atoms with Gasteiger partial charge in [-0.2, -0.15) is 0 Å². The molecule has 2 aliphatic rings. The number of hydrogen-bond donors (Lipinski definition) is 1. The molecule has 1 saturated carbocycles. The first-order valence-electron chi connectivity index (χ1n) is 9.40. The number of imidazole rings is 1. The maximum absolute atomic E-state index is 11.6. The number of rotatable bonds is 5. The van der Waals surface area contributed by atoms with Crippen LogP contribution in [-0.4, -0.2) is 38.1 Å². The van der Waals surface area contributed by atoms with E-state index in [1.165, 1.54) is 0 Å².